The number of rotatable bonds is 6. The van der Waals surface area contributed by atoms with E-state index in [0.717, 1.165) is 21.6 Å². The van der Waals surface area contributed by atoms with Crippen LogP contribution >= 0.6 is 11.3 Å². The molecule has 0 aliphatic rings. The molecule has 0 saturated carbocycles. The summed E-state index contributed by atoms with van der Waals surface area (Å²) in [5, 5.41) is 17.6. The second-order valence-corrected chi connectivity index (χ2v) is 7.27. The van der Waals surface area contributed by atoms with Crippen LogP contribution in [0.2, 0.25) is 0 Å². The van der Waals surface area contributed by atoms with Crippen molar-refractivity contribution in [3.63, 3.8) is 0 Å². The van der Waals surface area contributed by atoms with Crippen LogP contribution in [0.5, 0.6) is 0 Å². The Bertz CT molecular complexity index is 1210. The van der Waals surface area contributed by atoms with Gasteiger partial charge in [0.05, 0.1) is 23.5 Å². The molecular weight excluding hydrogens is 386 g/mol. The highest BCUT2D eigenvalue weighted by molar-refractivity contribution is 7.20. The van der Waals surface area contributed by atoms with Crippen LogP contribution in [-0.2, 0) is 4.74 Å². The number of fused-ring (bicyclic) bond motifs is 1. The van der Waals surface area contributed by atoms with Gasteiger partial charge in [-0.1, -0.05) is 18.2 Å². The van der Waals surface area contributed by atoms with Crippen LogP contribution in [0.15, 0.2) is 54.7 Å². The van der Waals surface area contributed by atoms with Gasteiger partial charge in [-0.05, 0) is 37.3 Å². The molecule has 1 N–H and O–H groups in total. The number of hydrogen-bond donors (Lipinski definition) is 1. The average Bonchev–Trinajstić information content (AvgIpc) is 3.33. The lowest BCUT2D eigenvalue weighted by Gasteiger charge is -2.07. The van der Waals surface area contributed by atoms with Gasteiger partial charge < -0.3 is 10.1 Å². The number of esters is 1. The summed E-state index contributed by atoms with van der Waals surface area (Å²) in [6.45, 7) is 2.45. The lowest BCUT2D eigenvalue weighted by atomic mass is 10.3. The number of pyridine rings is 1. The van der Waals surface area contributed by atoms with Gasteiger partial charge in [0.1, 0.15) is 28.2 Å². The van der Waals surface area contributed by atoms with E-state index in [9.17, 15) is 4.79 Å². The lowest BCUT2D eigenvalue weighted by molar-refractivity contribution is 0.0526. The molecule has 4 aromatic rings. The van der Waals surface area contributed by atoms with Gasteiger partial charge in [0.2, 0.25) is 0 Å². The first-order valence-electron chi connectivity index (χ1n) is 8.98. The molecule has 0 fully saturated rings. The Hall–Kier alpha value is -3.70. The number of anilines is 1. The van der Waals surface area contributed by atoms with Crippen molar-refractivity contribution in [3.05, 3.63) is 70.9 Å². The summed E-state index contributed by atoms with van der Waals surface area (Å²) in [5.74, 6) is 0.0972. The van der Waals surface area contributed by atoms with Crippen LogP contribution in [0.4, 0.5) is 5.82 Å². The maximum absolute atomic E-state index is 12.5. The largest absolute Gasteiger partial charge is 0.460 e. The molecule has 4 rings (SSSR count). The van der Waals surface area contributed by atoms with E-state index in [1.54, 1.807) is 18.3 Å². The minimum atomic E-state index is -0.381. The molecule has 29 heavy (non-hydrogen) atoms. The van der Waals surface area contributed by atoms with Crippen molar-refractivity contribution in [2.24, 2.45) is 0 Å². The molecule has 0 amide bonds. The molecule has 3 aromatic heterocycles. The molecule has 0 bridgehead atoms. The number of thiophene rings is 1. The number of ether oxygens (including phenoxy) is 1. The number of nitrogens with one attached hydrogen (secondary N) is 1. The molecule has 8 heteroatoms. The molecule has 1 aromatic carbocycles. The highest BCUT2D eigenvalue weighted by Crippen LogP contribution is 2.30. The van der Waals surface area contributed by atoms with Gasteiger partial charge in [-0.2, -0.15) is 10.4 Å². The molecule has 0 aliphatic heterocycles. The van der Waals surface area contributed by atoms with E-state index in [4.69, 9.17) is 10.00 Å². The Morgan fingerprint density at radius 2 is 2.10 bits per heavy atom. The Labute approximate surface area is 171 Å². The molecular formula is C21H17N5O2S. The van der Waals surface area contributed by atoms with E-state index in [2.05, 4.69) is 21.5 Å². The first kappa shape index (κ1) is 18.7. The van der Waals surface area contributed by atoms with Gasteiger partial charge >= 0.3 is 5.97 Å². The Balaban J connectivity index is 1.43. The summed E-state index contributed by atoms with van der Waals surface area (Å²) in [6, 6.07) is 17.1. The third-order valence-electron chi connectivity index (χ3n) is 4.30. The number of aryl methyl sites for hydroxylation is 1. The first-order chi connectivity index (χ1) is 14.2. The predicted molar refractivity (Wildman–Crippen MR) is 111 cm³/mol. The summed E-state index contributed by atoms with van der Waals surface area (Å²) in [4.78, 5) is 18.0. The normalized spacial score (nSPS) is 10.6. The zero-order valence-corrected chi connectivity index (χ0v) is 16.4. The maximum atomic E-state index is 12.5. The SMILES string of the molecule is Cc1nn(-c2ccccc2)c2sc(C(=O)OCCNc3ncccc3C#N)cc12. The maximum Gasteiger partial charge on any atom is 0.348 e. The zero-order chi connectivity index (χ0) is 20.2. The van der Waals surface area contributed by atoms with Gasteiger partial charge in [-0.3, -0.25) is 0 Å². The molecule has 3 heterocycles. The average molecular weight is 403 g/mol. The topological polar surface area (TPSA) is 92.8 Å². The molecule has 0 atom stereocenters. The highest BCUT2D eigenvalue weighted by Gasteiger charge is 2.18. The van der Waals surface area contributed by atoms with Crippen molar-refractivity contribution in [3.8, 4) is 11.8 Å². The number of para-hydroxylation sites is 1. The van der Waals surface area contributed by atoms with Gasteiger partial charge in [-0.25, -0.2) is 14.5 Å². The van der Waals surface area contributed by atoms with Crippen LogP contribution < -0.4 is 5.32 Å². The fraction of sp³-hybridized carbons (Fsp3) is 0.143. The number of nitrogens with zero attached hydrogens (tertiary/aromatic N) is 4. The van der Waals surface area contributed by atoms with Gasteiger partial charge in [0, 0.05) is 11.6 Å². The standard InChI is InChI=1S/C21H17N5O2S/c1-14-17-12-18(29-20(17)26(25-14)16-7-3-2-4-8-16)21(27)28-11-10-24-19-15(13-22)6-5-9-23-19/h2-9,12H,10-11H2,1H3,(H,23,24). The van der Waals surface area contributed by atoms with Crippen LogP contribution in [0.1, 0.15) is 20.9 Å². The summed E-state index contributed by atoms with van der Waals surface area (Å²) >= 11 is 1.36. The first-order valence-corrected chi connectivity index (χ1v) is 9.79. The molecule has 0 radical (unpaired) electrons. The zero-order valence-electron chi connectivity index (χ0n) is 15.6. The predicted octanol–water partition coefficient (Wildman–Crippen LogP) is 3.93. The van der Waals surface area contributed by atoms with Crippen molar-refractivity contribution >= 4 is 33.3 Å². The van der Waals surface area contributed by atoms with E-state index >= 15 is 0 Å². The lowest BCUT2D eigenvalue weighted by Crippen LogP contribution is -2.14. The third kappa shape index (κ3) is 3.81. The van der Waals surface area contributed by atoms with Crippen molar-refractivity contribution < 1.29 is 9.53 Å². The van der Waals surface area contributed by atoms with Gasteiger partial charge in [0.15, 0.2) is 0 Å². The van der Waals surface area contributed by atoms with E-state index in [1.807, 2.05) is 48.0 Å². The smallest absolute Gasteiger partial charge is 0.348 e. The van der Waals surface area contributed by atoms with Crippen molar-refractivity contribution in [1.82, 2.24) is 14.8 Å². The summed E-state index contributed by atoms with van der Waals surface area (Å²) in [6.07, 6.45) is 1.60. The van der Waals surface area contributed by atoms with E-state index < -0.39 is 0 Å². The van der Waals surface area contributed by atoms with Gasteiger partial charge in [-0.15, -0.1) is 11.3 Å². The second kappa shape index (κ2) is 8.12. The van der Waals surface area contributed by atoms with Crippen LogP contribution in [-0.4, -0.2) is 33.9 Å². The Kier molecular flexibility index (Phi) is 5.22. The van der Waals surface area contributed by atoms with Crippen LogP contribution in [0.3, 0.4) is 0 Å². The number of carbonyl (C=O) groups is 1. The summed E-state index contributed by atoms with van der Waals surface area (Å²) in [7, 11) is 0. The fourth-order valence-corrected chi connectivity index (χ4v) is 3.99. The van der Waals surface area contributed by atoms with E-state index in [0.29, 0.717) is 22.8 Å². The van der Waals surface area contributed by atoms with Crippen molar-refractivity contribution in [2.45, 2.75) is 6.92 Å². The Morgan fingerprint density at radius 1 is 1.28 bits per heavy atom. The highest BCUT2D eigenvalue weighted by atomic mass is 32.1. The minimum absolute atomic E-state index is 0.165. The monoisotopic (exact) mass is 403 g/mol. The number of hydrogen-bond acceptors (Lipinski definition) is 7. The second-order valence-electron chi connectivity index (χ2n) is 6.24. The molecule has 0 spiro atoms. The molecule has 0 unspecified atom stereocenters. The molecule has 7 nitrogen and oxygen atoms in total. The van der Waals surface area contributed by atoms with Crippen molar-refractivity contribution in [2.75, 3.05) is 18.5 Å². The van der Waals surface area contributed by atoms with Crippen LogP contribution in [0, 0.1) is 18.3 Å². The minimum Gasteiger partial charge on any atom is -0.460 e. The number of aromatic nitrogens is 3. The quantitative estimate of drug-likeness (QED) is 0.387. The molecule has 144 valence electrons. The van der Waals surface area contributed by atoms with E-state index in [-0.39, 0.29) is 12.6 Å². The number of nitriles is 1. The third-order valence-corrected chi connectivity index (χ3v) is 5.39. The van der Waals surface area contributed by atoms with Gasteiger partial charge in [0.25, 0.3) is 0 Å². The number of carbonyl (C=O) groups excluding carboxylic acids is 1. The fourth-order valence-electron chi connectivity index (χ4n) is 2.91. The number of benzene rings is 1. The van der Waals surface area contributed by atoms with E-state index in [1.165, 1.54) is 11.3 Å². The molecule has 0 saturated heterocycles. The summed E-state index contributed by atoms with van der Waals surface area (Å²) < 4.78 is 7.22. The van der Waals surface area contributed by atoms with Crippen molar-refractivity contribution in [1.29, 1.82) is 5.26 Å². The van der Waals surface area contributed by atoms with Crippen LogP contribution in [0.25, 0.3) is 15.9 Å². The Morgan fingerprint density at radius 3 is 2.90 bits per heavy atom. The summed E-state index contributed by atoms with van der Waals surface area (Å²) in [5.41, 5.74) is 2.25. The molecule has 0 aliphatic carbocycles.